The molecular formula is C15H31FSiY-. The van der Waals surface area contributed by atoms with Gasteiger partial charge < -0.3 is 5.92 Å². The number of unbranched alkanes of at least 4 members (excludes halogenated alkanes) is 5. The molecule has 0 aromatic rings. The quantitative estimate of drug-likeness (QED) is 0.237. The molecule has 0 spiro atoms. The van der Waals surface area contributed by atoms with E-state index >= 15 is 0 Å². The predicted octanol–water partition coefficient (Wildman–Crippen LogP) is 5.81. The van der Waals surface area contributed by atoms with Crippen molar-refractivity contribution in [2.75, 3.05) is 6.67 Å². The number of alkyl halides is 1. The van der Waals surface area contributed by atoms with E-state index in [1.54, 1.807) is 0 Å². The molecular weight excluding hydrogens is 316 g/mol. The molecule has 0 rings (SSSR count). The van der Waals surface area contributed by atoms with E-state index in [2.05, 4.69) is 20.0 Å². The number of hydrogen-bond donors (Lipinski definition) is 0. The topological polar surface area (TPSA) is 0 Å². The summed E-state index contributed by atoms with van der Waals surface area (Å²) in [7, 11) is 0.00882. The third kappa shape index (κ3) is 15.3. The predicted molar refractivity (Wildman–Crippen MR) is 78.7 cm³/mol. The van der Waals surface area contributed by atoms with Crippen molar-refractivity contribution in [3.8, 4) is 0 Å². The van der Waals surface area contributed by atoms with Crippen LogP contribution in [-0.2, 0) is 32.7 Å². The van der Waals surface area contributed by atoms with Gasteiger partial charge in [-0.25, -0.2) is 0 Å². The largest absolute Gasteiger partial charge is 0.311 e. The van der Waals surface area contributed by atoms with Gasteiger partial charge in [0.05, 0.1) is 6.67 Å². The van der Waals surface area contributed by atoms with E-state index in [1.807, 2.05) is 0 Å². The Balaban J connectivity index is 0. The molecule has 18 heavy (non-hydrogen) atoms. The van der Waals surface area contributed by atoms with Gasteiger partial charge in [-0.15, -0.1) is 6.42 Å². The summed E-state index contributed by atoms with van der Waals surface area (Å²) >= 11 is 0. The van der Waals surface area contributed by atoms with Crippen LogP contribution in [0.3, 0.4) is 0 Å². The van der Waals surface area contributed by atoms with Crippen molar-refractivity contribution in [3.05, 3.63) is 5.92 Å². The SMILES string of the molecule is CC[C-](CCF)CCCCCCCC[Si](C)C.[Y]. The van der Waals surface area contributed by atoms with Crippen LogP contribution in [0.2, 0.25) is 19.1 Å². The van der Waals surface area contributed by atoms with Crippen LogP contribution in [0.25, 0.3) is 0 Å². The van der Waals surface area contributed by atoms with E-state index in [9.17, 15) is 4.39 Å². The molecule has 0 aromatic heterocycles. The summed E-state index contributed by atoms with van der Waals surface area (Å²) in [6.45, 7) is 6.79. The van der Waals surface area contributed by atoms with Gasteiger partial charge in [0.15, 0.2) is 0 Å². The maximum Gasteiger partial charge on any atom is 0.0628 e. The van der Waals surface area contributed by atoms with E-state index in [4.69, 9.17) is 0 Å². The standard InChI is InChI=1S/C15H31FSi.Y/c1-4-15(12-13-16)11-9-7-5-6-8-10-14-17(2)3;/h4-14H2,1-3H3;/q-1;. The average Bonchev–Trinajstić information content (AvgIpc) is 2.30. The zero-order chi connectivity index (χ0) is 12.9. The van der Waals surface area contributed by atoms with Crippen molar-refractivity contribution in [1.82, 2.24) is 0 Å². The first-order chi connectivity index (χ1) is 8.20. The molecule has 0 saturated carbocycles. The van der Waals surface area contributed by atoms with Crippen molar-refractivity contribution in [2.45, 2.75) is 83.8 Å². The Kier molecular flexibility index (Phi) is 19.5. The van der Waals surface area contributed by atoms with Crippen molar-refractivity contribution >= 4 is 8.80 Å². The molecule has 0 unspecified atom stereocenters. The normalized spacial score (nSPS) is 11.0. The molecule has 0 aliphatic carbocycles. The van der Waals surface area contributed by atoms with Gasteiger partial charge in [-0.2, -0.15) is 12.8 Å². The van der Waals surface area contributed by atoms with E-state index < -0.39 is 0 Å². The first kappa shape index (κ1) is 21.5. The minimum atomic E-state index is -0.165. The molecule has 0 bridgehead atoms. The van der Waals surface area contributed by atoms with Crippen LogP contribution >= 0.6 is 0 Å². The smallest absolute Gasteiger partial charge is 0.0628 e. The zero-order valence-electron chi connectivity index (χ0n) is 12.7. The molecule has 0 amide bonds. The Morgan fingerprint density at radius 2 is 1.44 bits per heavy atom. The van der Waals surface area contributed by atoms with Gasteiger partial charge in [0.2, 0.25) is 0 Å². The molecule has 0 N–H and O–H groups in total. The van der Waals surface area contributed by atoms with Crippen LogP contribution in [0.4, 0.5) is 4.39 Å². The first-order valence-corrected chi connectivity index (χ1v) is 10.1. The average molecular weight is 347 g/mol. The van der Waals surface area contributed by atoms with Crippen molar-refractivity contribution in [2.24, 2.45) is 0 Å². The minimum Gasteiger partial charge on any atom is -0.311 e. The van der Waals surface area contributed by atoms with Gasteiger partial charge in [-0.3, -0.25) is 4.39 Å². The summed E-state index contributed by atoms with van der Waals surface area (Å²) in [4.78, 5) is 0. The van der Waals surface area contributed by atoms with Crippen LogP contribution in [0, 0.1) is 5.92 Å². The van der Waals surface area contributed by atoms with Gasteiger partial charge in [0, 0.05) is 41.5 Å². The van der Waals surface area contributed by atoms with E-state index in [1.165, 1.54) is 50.5 Å². The van der Waals surface area contributed by atoms with Gasteiger partial charge in [0.1, 0.15) is 0 Å². The fourth-order valence-corrected chi connectivity index (χ4v) is 3.13. The Morgan fingerprint density at radius 1 is 0.889 bits per heavy atom. The van der Waals surface area contributed by atoms with Crippen molar-refractivity contribution < 1.29 is 37.1 Å². The molecule has 0 atom stereocenters. The Labute approximate surface area is 141 Å². The molecule has 0 aliphatic rings. The molecule has 0 heterocycles. The summed E-state index contributed by atoms with van der Waals surface area (Å²) in [5.74, 6) is 1.43. The number of rotatable bonds is 12. The Hall–Kier alpha value is 1.25. The van der Waals surface area contributed by atoms with Crippen LogP contribution in [0.5, 0.6) is 0 Å². The van der Waals surface area contributed by atoms with Gasteiger partial charge in [-0.1, -0.05) is 64.6 Å². The van der Waals surface area contributed by atoms with Crippen LogP contribution in [-0.4, -0.2) is 15.5 Å². The Bertz CT molecular complexity index is 153. The monoisotopic (exact) mass is 347 g/mol. The van der Waals surface area contributed by atoms with Crippen LogP contribution in [0.15, 0.2) is 0 Å². The summed E-state index contributed by atoms with van der Waals surface area (Å²) < 4.78 is 12.2. The fourth-order valence-electron chi connectivity index (χ4n) is 2.17. The summed E-state index contributed by atoms with van der Waals surface area (Å²) in [6, 6.07) is 1.48. The second kappa shape index (κ2) is 16.3. The Morgan fingerprint density at radius 3 is 1.94 bits per heavy atom. The van der Waals surface area contributed by atoms with Crippen LogP contribution < -0.4 is 0 Å². The van der Waals surface area contributed by atoms with Gasteiger partial charge in [-0.05, 0) is 0 Å². The molecule has 0 fully saturated rings. The zero-order valence-corrected chi connectivity index (χ0v) is 16.6. The summed E-state index contributed by atoms with van der Waals surface area (Å²) in [5, 5.41) is 0. The first-order valence-electron chi connectivity index (χ1n) is 7.39. The summed E-state index contributed by atoms with van der Waals surface area (Å²) in [6.07, 6.45) is 11.2. The summed E-state index contributed by atoms with van der Waals surface area (Å²) in [5.41, 5.74) is 0. The molecule has 0 aromatic carbocycles. The second-order valence-corrected chi connectivity index (χ2v) is 8.29. The van der Waals surface area contributed by atoms with E-state index in [-0.39, 0.29) is 48.2 Å². The van der Waals surface area contributed by atoms with Crippen LogP contribution in [0.1, 0.15) is 64.7 Å². The fraction of sp³-hybridized carbons (Fsp3) is 0.933. The van der Waals surface area contributed by atoms with Crippen molar-refractivity contribution in [3.63, 3.8) is 0 Å². The molecule has 0 aliphatic heterocycles. The maximum atomic E-state index is 12.2. The number of hydrogen-bond acceptors (Lipinski definition) is 0. The molecule has 0 saturated heterocycles. The third-order valence-corrected chi connectivity index (χ3v) is 4.76. The van der Waals surface area contributed by atoms with E-state index in [0.717, 1.165) is 12.8 Å². The molecule has 0 nitrogen and oxygen atoms in total. The molecule has 106 valence electrons. The maximum absolute atomic E-state index is 12.2. The van der Waals surface area contributed by atoms with Gasteiger partial charge >= 0.3 is 0 Å². The third-order valence-electron chi connectivity index (χ3n) is 3.41. The second-order valence-electron chi connectivity index (χ2n) is 5.37. The minimum absolute atomic E-state index is 0. The molecule has 2 radical (unpaired) electrons. The number of halogens is 1. The van der Waals surface area contributed by atoms with Gasteiger partial charge in [0.25, 0.3) is 0 Å². The molecule has 3 heteroatoms. The van der Waals surface area contributed by atoms with Crippen molar-refractivity contribution in [1.29, 1.82) is 0 Å². The van der Waals surface area contributed by atoms with E-state index in [0.29, 0.717) is 6.42 Å².